The van der Waals surface area contributed by atoms with E-state index in [1.54, 1.807) is 0 Å². The van der Waals surface area contributed by atoms with Crippen molar-refractivity contribution < 1.29 is 9.90 Å². The van der Waals surface area contributed by atoms with Gasteiger partial charge in [-0.25, -0.2) is 4.79 Å². The summed E-state index contributed by atoms with van der Waals surface area (Å²) in [5, 5.41) is 16.1. The lowest BCUT2D eigenvalue weighted by molar-refractivity contribution is 0.0150. The van der Waals surface area contributed by atoms with Gasteiger partial charge in [0.2, 0.25) is 0 Å². The highest BCUT2D eigenvalue weighted by Gasteiger charge is 2.31. The summed E-state index contributed by atoms with van der Waals surface area (Å²) in [7, 11) is 4.06. The molecule has 2 unspecified atom stereocenters. The van der Waals surface area contributed by atoms with Crippen LogP contribution in [-0.4, -0.2) is 55.4 Å². The summed E-state index contributed by atoms with van der Waals surface area (Å²) in [6.07, 6.45) is -0.449. The molecule has 0 fully saturated rings. The Morgan fingerprint density at radius 2 is 1.59 bits per heavy atom. The quantitative estimate of drug-likeness (QED) is 0.644. The number of aliphatic hydroxyl groups excluding tert-OH is 1. The van der Waals surface area contributed by atoms with E-state index in [0.29, 0.717) is 6.54 Å². The van der Waals surface area contributed by atoms with Crippen molar-refractivity contribution in [1.82, 2.24) is 15.5 Å². The van der Waals surface area contributed by atoms with Crippen molar-refractivity contribution >= 4 is 6.03 Å². The van der Waals surface area contributed by atoms with Crippen LogP contribution in [-0.2, 0) is 0 Å². The average molecular weight is 316 g/mol. The Labute approximate surface area is 136 Å². The number of aliphatic hydroxyl groups is 1. The first-order chi connectivity index (χ1) is 9.79. The standard InChI is InChI=1S/C17H37N3O2/c1-12(2)14(21)16(4,5)10-18-15(22)19-13(3)17(6,7)11-20(8)9/h12-14,21H,10-11H2,1-9H3,(H2,18,19,22). The SMILES string of the molecule is CC(C)C(O)C(C)(C)CNC(=O)NC(C)C(C)(C)CN(C)C. The van der Waals surface area contributed by atoms with E-state index in [2.05, 4.69) is 29.4 Å². The molecular weight excluding hydrogens is 278 g/mol. The van der Waals surface area contributed by atoms with Crippen molar-refractivity contribution in [2.45, 2.75) is 60.6 Å². The third-order valence-electron chi connectivity index (χ3n) is 4.38. The Morgan fingerprint density at radius 1 is 1.09 bits per heavy atom. The van der Waals surface area contributed by atoms with Crippen molar-refractivity contribution in [3.63, 3.8) is 0 Å². The summed E-state index contributed by atoms with van der Waals surface area (Å²) in [6, 6.07) is -0.128. The average Bonchev–Trinajstić information content (AvgIpc) is 2.33. The van der Waals surface area contributed by atoms with E-state index in [0.717, 1.165) is 6.54 Å². The van der Waals surface area contributed by atoms with Crippen LogP contribution in [0.3, 0.4) is 0 Å². The number of amides is 2. The van der Waals surface area contributed by atoms with Crippen LogP contribution >= 0.6 is 0 Å². The molecule has 0 aromatic rings. The van der Waals surface area contributed by atoms with E-state index in [-0.39, 0.29) is 28.8 Å². The van der Waals surface area contributed by atoms with Gasteiger partial charge in [-0.2, -0.15) is 0 Å². The molecule has 2 amide bonds. The summed E-state index contributed by atoms with van der Waals surface area (Å²) in [5.41, 5.74) is -0.373. The minimum Gasteiger partial charge on any atom is -0.392 e. The van der Waals surface area contributed by atoms with Gasteiger partial charge in [0.05, 0.1) is 6.10 Å². The molecule has 0 heterocycles. The zero-order valence-electron chi connectivity index (χ0n) is 15.9. The Morgan fingerprint density at radius 3 is 2.00 bits per heavy atom. The molecule has 5 heteroatoms. The minimum atomic E-state index is -0.449. The fourth-order valence-corrected chi connectivity index (χ4v) is 2.71. The summed E-state index contributed by atoms with van der Waals surface area (Å²) in [6.45, 7) is 15.6. The highest BCUT2D eigenvalue weighted by molar-refractivity contribution is 5.74. The molecule has 22 heavy (non-hydrogen) atoms. The molecule has 0 aliphatic rings. The number of rotatable bonds is 8. The largest absolute Gasteiger partial charge is 0.392 e. The van der Waals surface area contributed by atoms with Crippen LogP contribution in [0.25, 0.3) is 0 Å². The van der Waals surface area contributed by atoms with Crippen LogP contribution in [0.5, 0.6) is 0 Å². The fourth-order valence-electron chi connectivity index (χ4n) is 2.71. The first kappa shape index (κ1) is 21.2. The first-order valence-electron chi connectivity index (χ1n) is 8.17. The Bertz CT molecular complexity index is 352. The highest BCUT2D eigenvalue weighted by Crippen LogP contribution is 2.25. The predicted octanol–water partition coefficient (Wildman–Crippen LogP) is 2.30. The van der Waals surface area contributed by atoms with E-state index in [1.807, 2.05) is 48.7 Å². The van der Waals surface area contributed by atoms with Gasteiger partial charge < -0.3 is 20.6 Å². The number of nitrogens with zero attached hydrogens (tertiary/aromatic N) is 1. The lowest BCUT2D eigenvalue weighted by Crippen LogP contribution is -2.52. The second kappa shape index (κ2) is 8.16. The zero-order chi connectivity index (χ0) is 17.7. The van der Waals surface area contributed by atoms with E-state index in [1.165, 1.54) is 0 Å². The van der Waals surface area contributed by atoms with Crippen molar-refractivity contribution in [2.24, 2.45) is 16.7 Å². The normalized spacial score (nSPS) is 15.8. The molecule has 2 atom stereocenters. The number of carbonyl (C=O) groups excluding carboxylic acids is 1. The molecule has 3 N–H and O–H groups in total. The molecule has 0 aliphatic carbocycles. The van der Waals surface area contributed by atoms with Crippen LogP contribution in [0.4, 0.5) is 4.79 Å². The van der Waals surface area contributed by atoms with Crippen molar-refractivity contribution in [2.75, 3.05) is 27.2 Å². The monoisotopic (exact) mass is 315 g/mol. The number of carbonyl (C=O) groups is 1. The minimum absolute atomic E-state index is 0.0200. The summed E-state index contributed by atoms with van der Waals surface area (Å²) < 4.78 is 0. The molecule has 132 valence electrons. The van der Waals surface area contributed by atoms with Crippen LogP contribution in [0.1, 0.15) is 48.5 Å². The molecule has 0 aromatic carbocycles. The van der Waals surface area contributed by atoms with Gasteiger partial charge in [0.1, 0.15) is 0 Å². The third kappa shape index (κ3) is 6.97. The van der Waals surface area contributed by atoms with Gasteiger partial charge in [0.15, 0.2) is 0 Å². The van der Waals surface area contributed by atoms with E-state index in [4.69, 9.17) is 0 Å². The molecule has 0 radical (unpaired) electrons. The molecule has 0 saturated carbocycles. The molecule has 5 nitrogen and oxygen atoms in total. The van der Waals surface area contributed by atoms with Crippen LogP contribution < -0.4 is 10.6 Å². The predicted molar refractivity (Wildman–Crippen MR) is 93.0 cm³/mol. The molecule has 0 saturated heterocycles. The molecule has 0 aliphatic heterocycles. The van der Waals surface area contributed by atoms with Crippen molar-refractivity contribution in [3.05, 3.63) is 0 Å². The maximum atomic E-state index is 12.1. The molecular formula is C17H37N3O2. The van der Waals surface area contributed by atoms with Crippen LogP contribution in [0.2, 0.25) is 0 Å². The molecule has 0 spiro atoms. The Kier molecular flexibility index (Phi) is 7.86. The second-order valence-corrected chi connectivity index (χ2v) is 8.45. The van der Waals surface area contributed by atoms with Crippen LogP contribution in [0, 0.1) is 16.7 Å². The first-order valence-corrected chi connectivity index (χ1v) is 8.17. The smallest absolute Gasteiger partial charge is 0.315 e. The number of hydrogen-bond acceptors (Lipinski definition) is 3. The van der Waals surface area contributed by atoms with Gasteiger partial charge >= 0.3 is 6.03 Å². The van der Waals surface area contributed by atoms with Gasteiger partial charge in [-0.05, 0) is 32.4 Å². The van der Waals surface area contributed by atoms with E-state index in [9.17, 15) is 9.90 Å². The van der Waals surface area contributed by atoms with E-state index >= 15 is 0 Å². The summed E-state index contributed by atoms with van der Waals surface area (Å²) in [5.74, 6) is 0.165. The number of hydrogen-bond donors (Lipinski definition) is 3. The summed E-state index contributed by atoms with van der Waals surface area (Å²) >= 11 is 0. The number of urea groups is 1. The zero-order valence-corrected chi connectivity index (χ0v) is 15.9. The molecule has 0 rings (SSSR count). The van der Waals surface area contributed by atoms with E-state index < -0.39 is 6.10 Å². The van der Waals surface area contributed by atoms with Gasteiger partial charge in [-0.15, -0.1) is 0 Å². The molecule has 0 aromatic heterocycles. The maximum absolute atomic E-state index is 12.1. The van der Waals surface area contributed by atoms with Gasteiger partial charge in [-0.1, -0.05) is 41.5 Å². The van der Waals surface area contributed by atoms with Crippen molar-refractivity contribution in [3.8, 4) is 0 Å². The second-order valence-electron chi connectivity index (χ2n) is 8.45. The molecule has 0 bridgehead atoms. The third-order valence-corrected chi connectivity index (χ3v) is 4.38. The van der Waals surface area contributed by atoms with Crippen LogP contribution in [0.15, 0.2) is 0 Å². The topological polar surface area (TPSA) is 64.6 Å². The lowest BCUT2D eigenvalue weighted by Gasteiger charge is -2.36. The fraction of sp³-hybridized carbons (Fsp3) is 0.941. The highest BCUT2D eigenvalue weighted by atomic mass is 16.3. The lowest BCUT2D eigenvalue weighted by atomic mass is 9.81. The Hall–Kier alpha value is -0.810. The van der Waals surface area contributed by atoms with Gasteiger partial charge in [0.25, 0.3) is 0 Å². The summed E-state index contributed by atoms with van der Waals surface area (Å²) in [4.78, 5) is 14.2. The Balaban J connectivity index is 4.46. The van der Waals surface area contributed by atoms with Gasteiger partial charge in [-0.3, -0.25) is 0 Å². The van der Waals surface area contributed by atoms with Gasteiger partial charge in [0, 0.05) is 24.5 Å². The number of nitrogens with one attached hydrogen (secondary N) is 2. The van der Waals surface area contributed by atoms with Crippen molar-refractivity contribution in [1.29, 1.82) is 0 Å². The maximum Gasteiger partial charge on any atom is 0.315 e.